The molecule has 1 saturated heterocycles. The van der Waals surface area contributed by atoms with E-state index in [1.807, 2.05) is 6.07 Å². The second-order valence-electron chi connectivity index (χ2n) is 4.96. The Morgan fingerprint density at radius 3 is 2.44 bits per heavy atom. The van der Waals surface area contributed by atoms with Crippen molar-refractivity contribution < 1.29 is 13.2 Å². The maximum atomic E-state index is 12.4. The van der Waals surface area contributed by atoms with Crippen LogP contribution in [0.2, 0.25) is 0 Å². The Labute approximate surface area is 117 Å². The second-order valence-corrected chi connectivity index (χ2v) is 12.0. The zero-order valence-corrected chi connectivity index (χ0v) is 15.7. The van der Waals surface area contributed by atoms with Gasteiger partial charge in [0.2, 0.25) is 0 Å². The van der Waals surface area contributed by atoms with Gasteiger partial charge >= 0.3 is 117 Å². The van der Waals surface area contributed by atoms with E-state index in [0.717, 1.165) is 32.5 Å². The van der Waals surface area contributed by atoms with Crippen LogP contribution in [0.4, 0.5) is 0 Å². The van der Waals surface area contributed by atoms with Crippen LogP contribution in [0.3, 0.4) is 0 Å². The molecule has 1 aromatic carbocycles. The topological polar surface area (TPSA) is 43.4 Å². The Balaban J connectivity index is 2.05. The van der Waals surface area contributed by atoms with Gasteiger partial charge in [-0.05, 0) is 0 Å². The van der Waals surface area contributed by atoms with E-state index in [1.54, 1.807) is 24.3 Å². The summed E-state index contributed by atoms with van der Waals surface area (Å²) in [7, 11) is -3.10. The van der Waals surface area contributed by atoms with Gasteiger partial charge in [0.05, 0.1) is 0 Å². The average molecular weight is 329 g/mol. The van der Waals surface area contributed by atoms with Crippen LogP contribution in [0.15, 0.2) is 35.2 Å². The summed E-state index contributed by atoms with van der Waals surface area (Å²) in [6, 6.07) is 8.85. The number of hydrogen-bond donors (Lipinski definition) is 0. The van der Waals surface area contributed by atoms with Crippen LogP contribution in [0, 0.1) is 5.92 Å². The summed E-state index contributed by atoms with van der Waals surface area (Å²) >= 11 is 0.292. The van der Waals surface area contributed by atoms with Crippen LogP contribution < -0.4 is 0 Å². The number of benzene rings is 1. The van der Waals surface area contributed by atoms with Gasteiger partial charge in [-0.25, -0.2) is 0 Å². The summed E-state index contributed by atoms with van der Waals surface area (Å²) in [5.74, 6) is 0.526. The van der Waals surface area contributed by atoms with Crippen molar-refractivity contribution in [2.24, 2.45) is 5.92 Å². The van der Waals surface area contributed by atoms with E-state index in [2.05, 4.69) is 0 Å². The van der Waals surface area contributed by atoms with Crippen LogP contribution >= 0.6 is 0 Å². The van der Waals surface area contributed by atoms with E-state index in [4.69, 9.17) is 4.74 Å². The Kier molecular flexibility index (Phi) is 4.86. The number of rotatable bonds is 4. The Hall–Kier alpha value is -0.327. The van der Waals surface area contributed by atoms with Gasteiger partial charge in [0.15, 0.2) is 0 Å². The van der Waals surface area contributed by atoms with Gasteiger partial charge in [0.1, 0.15) is 0 Å². The summed E-state index contributed by atoms with van der Waals surface area (Å²) in [6.45, 7) is 1.57. The molecule has 0 saturated carbocycles. The fourth-order valence-corrected chi connectivity index (χ4v) is 7.06. The van der Waals surface area contributed by atoms with E-state index in [-0.39, 0.29) is 4.08 Å². The van der Waals surface area contributed by atoms with E-state index in [1.165, 1.54) is 0 Å². The van der Waals surface area contributed by atoms with Gasteiger partial charge in [0, 0.05) is 0 Å². The molecule has 1 heterocycles. The van der Waals surface area contributed by atoms with Crippen molar-refractivity contribution in [3.8, 4) is 0 Å². The molecule has 0 aromatic heterocycles. The summed E-state index contributed by atoms with van der Waals surface area (Å²) in [6.07, 6.45) is 2.84. The molecule has 1 fully saturated rings. The summed E-state index contributed by atoms with van der Waals surface area (Å²) < 4.78 is 30.0. The van der Waals surface area contributed by atoms with Crippen molar-refractivity contribution in [2.45, 2.75) is 28.2 Å². The van der Waals surface area contributed by atoms with Gasteiger partial charge in [0.25, 0.3) is 0 Å². The fourth-order valence-electron chi connectivity index (χ4n) is 2.42. The van der Waals surface area contributed by atoms with Crippen LogP contribution in [0.25, 0.3) is 0 Å². The molecule has 0 aliphatic carbocycles. The van der Waals surface area contributed by atoms with Crippen molar-refractivity contribution in [2.75, 3.05) is 13.2 Å². The first-order chi connectivity index (χ1) is 8.60. The van der Waals surface area contributed by atoms with Crippen molar-refractivity contribution in [1.82, 2.24) is 0 Å². The monoisotopic (exact) mass is 330 g/mol. The number of hydrogen-bond acceptors (Lipinski definition) is 3. The molecular weight excluding hydrogens is 309 g/mol. The van der Waals surface area contributed by atoms with E-state index < -0.39 is 9.84 Å². The molecule has 18 heavy (non-hydrogen) atoms. The number of sulfone groups is 1. The van der Waals surface area contributed by atoms with Crippen LogP contribution in [-0.4, -0.2) is 42.2 Å². The van der Waals surface area contributed by atoms with Gasteiger partial charge in [-0.1, -0.05) is 0 Å². The van der Waals surface area contributed by atoms with Gasteiger partial charge < -0.3 is 0 Å². The predicted octanol–water partition coefficient (Wildman–Crippen LogP) is 0.969. The third-order valence-corrected chi connectivity index (χ3v) is 10.7. The predicted molar refractivity (Wildman–Crippen MR) is 75.5 cm³/mol. The maximum absolute atomic E-state index is 12.4. The van der Waals surface area contributed by atoms with E-state index >= 15 is 0 Å². The first-order valence-corrected chi connectivity index (χ1v) is 10.4. The Morgan fingerprint density at radius 2 is 1.83 bits per heavy atom. The molecule has 5 heteroatoms. The SMILES string of the molecule is O=S(=O)(c1ccccc1)[CH]([GeH3])CC1CCOCC1. The minimum atomic E-state index is -3.10. The van der Waals surface area contributed by atoms with E-state index in [9.17, 15) is 8.42 Å². The standard InChI is InChI=1S/C13H20GeO3S/c14-13(10-11-6-8-17-9-7-11)18(15,16)12-4-2-1-3-5-12/h1-5,11,13H,6-10H2,14H3. The molecule has 1 aliphatic heterocycles. The normalized spacial score (nSPS) is 19.8. The third kappa shape index (κ3) is 3.36. The van der Waals surface area contributed by atoms with Gasteiger partial charge in [-0.2, -0.15) is 0 Å². The molecule has 1 atom stereocenters. The molecule has 0 spiro atoms. The van der Waals surface area contributed by atoms with Gasteiger partial charge in [-0.15, -0.1) is 0 Å². The fraction of sp³-hybridized carbons (Fsp3) is 0.538. The third-order valence-electron chi connectivity index (χ3n) is 3.61. The zero-order valence-electron chi connectivity index (χ0n) is 10.7. The van der Waals surface area contributed by atoms with Crippen molar-refractivity contribution in [3.05, 3.63) is 30.3 Å². The van der Waals surface area contributed by atoms with Crippen molar-refractivity contribution >= 4 is 26.4 Å². The molecule has 2 rings (SSSR count). The quantitative estimate of drug-likeness (QED) is 0.774. The van der Waals surface area contributed by atoms with E-state index in [0.29, 0.717) is 27.3 Å². The van der Waals surface area contributed by atoms with Crippen LogP contribution in [-0.2, 0) is 14.6 Å². The Bertz CT molecular complexity index is 466. The van der Waals surface area contributed by atoms with Gasteiger partial charge in [-0.3, -0.25) is 0 Å². The molecule has 3 nitrogen and oxygen atoms in total. The van der Waals surface area contributed by atoms with Crippen molar-refractivity contribution in [1.29, 1.82) is 0 Å². The molecule has 1 unspecified atom stereocenters. The molecular formula is C13H20GeO3S. The molecule has 0 radical (unpaired) electrons. The minimum absolute atomic E-state index is 0.129. The first kappa shape index (κ1) is 14.1. The van der Waals surface area contributed by atoms with Crippen LogP contribution in [0.5, 0.6) is 0 Å². The van der Waals surface area contributed by atoms with Crippen LogP contribution in [0.1, 0.15) is 19.3 Å². The molecule has 1 aromatic rings. The second kappa shape index (κ2) is 6.21. The summed E-state index contributed by atoms with van der Waals surface area (Å²) in [5.41, 5.74) is 0. The average Bonchev–Trinajstić information content (AvgIpc) is 2.41. The first-order valence-electron chi connectivity index (χ1n) is 6.47. The molecule has 0 bridgehead atoms. The molecule has 100 valence electrons. The zero-order chi connectivity index (χ0) is 13.0. The summed E-state index contributed by atoms with van der Waals surface area (Å²) in [4.78, 5) is 0.482. The number of ether oxygens (including phenoxy) is 1. The Morgan fingerprint density at radius 1 is 1.22 bits per heavy atom. The van der Waals surface area contributed by atoms with Crippen molar-refractivity contribution in [3.63, 3.8) is 0 Å². The molecule has 0 amide bonds. The molecule has 1 aliphatic rings. The molecule has 0 N–H and O–H groups in total. The summed E-state index contributed by atoms with van der Waals surface area (Å²) in [5, 5.41) is 0.